The normalized spacial score (nSPS) is 20.5. The fourth-order valence-corrected chi connectivity index (χ4v) is 3.99. The van der Waals surface area contributed by atoms with E-state index in [1.54, 1.807) is 14.0 Å². The van der Waals surface area contributed by atoms with Crippen LogP contribution in [-0.4, -0.2) is 39.5 Å². The average molecular weight is 322 g/mol. The second kappa shape index (κ2) is 6.47. The molecule has 0 amide bonds. The molecule has 1 aromatic heterocycles. The fraction of sp³-hybridized carbons (Fsp3) is 0.692. The lowest BCUT2D eigenvalue weighted by molar-refractivity contribution is 0.0495. The van der Waals surface area contributed by atoms with E-state index >= 15 is 0 Å². The standard InChI is InChI=1S/C13H20ClNO4S/c1-10-13(6-12(7-14)19-10)20(16,17)15(2)8-11-4-3-5-18-9-11/h6,11H,3-5,7-9H2,1-2H3. The minimum atomic E-state index is -3.53. The molecule has 1 aliphatic rings. The van der Waals surface area contributed by atoms with Crippen molar-refractivity contribution >= 4 is 21.6 Å². The van der Waals surface area contributed by atoms with Gasteiger partial charge in [0.2, 0.25) is 10.0 Å². The molecule has 1 aliphatic heterocycles. The monoisotopic (exact) mass is 321 g/mol. The molecule has 0 saturated carbocycles. The van der Waals surface area contributed by atoms with Gasteiger partial charge in [-0.3, -0.25) is 0 Å². The van der Waals surface area contributed by atoms with E-state index in [2.05, 4.69) is 0 Å². The summed E-state index contributed by atoms with van der Waals surface area (Å²) in [5.74, 6) is 1.27. The number of alkyl halides is 1. The van der Waals surface area contributed by atoms with Crippen LogP contribution >= 0.6 is 11.6 Å². The predicted octanol–water partition coefficient (Wildman–Crippen LogP) is 2.37. The topological polar surface area (TPSA) is 59.8 Å². The number of halogens is 1. The Morgan fingerprint density at radius 2 is 2.25 bits per heavy atom. The molecule has 0 spiro atoms. The van der Waals surface area contributed by atoms with Crippen LogP contribution < -0.4 is 0 Å². The molecule has 0 aromatic carbocycles. The molecule has 1 aromatic rings. The van der Waals surface area contributed by atoms with Crippen molar-refractivity contribution in [3.8, 4) is 0 Å². The molecule has 2 rings (SSSR count). The van der Waals surface area contributed by atoms with Crippen molar-refractivity contribution in [2.45, 2.75) is 30.5 Å². The maximum atomic E-state index is 12.5. The molecule has 0 bridgehead atoms. The van der Waals surface area contributed by atoms with Gasteiger partial charge in [0, 0.05) is 26.3 Å². The Balaban J connectivity index is 2.13. The van der Waals surface area contributed by atoms with Crippen LogP contribution in [0.3, 0.4) is 0 Å². The van der Waals surface area contributed by atoms with Crippen molar-refractivity contribution in [2.75, 3.05) is 26.8 Å². The highest BCUT2D eigenvalue weighted by atomic mass is 35.5. The van der Waals surface area contributed by atoms with Crippen molar-refractivity contribution in [3.05, 3.63) is 17.6 Å². The Bertz CT molecular complexity index is 549. The summed E-state index contributed by atoms with van der Waals surface area (Å²) in [4.78, 5) is 0.201. The minimum Gasteiger partial charge on any atom is -0.464 e. The van der Waals surface area contributed by atoms with Crippen LogP contribution in [0.1, 0.15) is 24.4 Å². The van der Waals surface area contributed by atoms with E-state index in [4.69, 9.17) is 20.8 Å². The summed E-state index contributed by atoms with van der Waals surface area (Å²) < 4.78 is 37.2. The molecule has 1 saturated heterocycles. The Morgan fingerprint density at radius 1 is 1.50 bits per heavy atom. The van der Waals surface area contributed by atoms with Crippen molar-refractivity contribution in [1.29, 1.82) is 0 Å². The zero-order chi connectivity index (χ0) is 14.8. The Labute approximate surface area is 124 Å². The second-order valence-electron chi connectivity index (χ2n) is 5.14. The van der Waals surface area contributed by atoms with E-state index in [1.807, 2.05) is 0 Å². The summed E-state index contributed by atoms with van der Waals surface area (Å²) in [6, 6.07) is 1.51. The van der Waals surface area contributed by atoms with Crippen LogP contribution in [0.25, 0.3) is 0 Å². The number of furan rings is 1. The SMILES string of the molecule is Cc1oc(CCl)cc1S(=O)(=O)N(C)CC1CCCOC1. The summed E-state index contributed by atoms with van der Waals surface area (Å²) in [6.07, 6.45) is 1.98. The smallest absolute Gasteiger partial charge is 0.246 e. The number of ether oxygens (including phenoxy) is 1. The van der Waals surface area contributed by atoms with Gasteiger partial charge < -0.3 is 9.15 Å². The first-order valence-electron chi connectivity index (χ1n) is 6.64. The van der Waals surface area contributed by atoms with Crippen molar-refractivity contribution in [3.63, 3.8) is 0 Å². The van der Waals surface area contributed by atoms with Crippen LogP contribution in [0.5, 0.6) is 0 Å². The molecule has 0 aliphatic carbocycles. The lowest BCUT2D eigenvalue weighted by Gasteiger charge is -2.26. The van der Waals surface area contributed by atoms with Crippen molar-refractivity contribution in [2.24, 2.45) is 5.92 Å². The van der Waals surface area contributed by atoms with Crippen LogP contribution in [0, 0.1) is 12.8 Å². The first-order chi connectivity index (χ1) is 9.45. The summed E-state index contributed by atoms with van der Waals surface area (Å²) in [6.45, 7) is 3.49. The van der Waals surface area contributed by atoms with E-state index < -0.39 is 10.0 Å². The molecular weight excluding hydrogens is 302 g/mol. The summed E-state index contributed by atoms with van der Waals surface area (Å²) >= 11 is 5.68. The van der Waals surface area contributed by atoms with Crippen LogP contribution in [0.15, 0.2) is 15.4 Å². The molecule has 5 nitrogen and oxygen atoms in total. The van der Waals surface area contributed by atoms with E-state index in [0.717, 1.165) is 19.4 Å². The van der Waals surface area contributed by atoms with Gasteiger partial charge in [0.1, 0.15) is 16.4 Å². The van der Waals surface area contributed by atoms with Gasteiger partial charge in [0.05, 0.1) is 12.5 Å². The number of aryl methyl sites for hydroxylation is 1. The van der Waals surface area contributed by atoms with Crippen LogP contribution in [-0.2, 0) is 20.6 Å². The second-order valence-corrected chi connectivity index (χ2v) is 7.42. The number of nitrogens with zero attached hydrogens (tertiary/aromatic N) is 1. The first-order valence-corrected chi connectivity index (χ1v) is 8.62. The third-order valence-electron chi connectivity index (χ3n) is 3.51. The lowest BCUT2D eigenvalue weighted by atomic mass is 10.0. The van der Waals surface area contributed by atoms with Gasteiger partial charge >= 0.3 is 0 Å². The molecular formula is C13H20ClNO4S. The first kappa shape index (κ1) is 15.8. The maximum absolute atomic E-state index is 12.5. The minimum absolute atomic E-state index is 0.163. The number of rotatable bonds is 5. The van der Waals surface area contributed by atoms with Gasteiger partial charge in [0.25, 0.3) is 0 Å². The van der Waals surface area contributed by atoms with Gasteiger partial charge in [-0.25, -0.2) is 12.7 Å². The summed E-state index contributed by atoms with van der Waals surface area (Å²) in [7, 11) is -1.94. The largest absolute Gasteiger partial charge is 0.464 e. The number of hydrogen-bond donors (Lipinski definition) is 0. The zero-order valence-corrected chi connectivity index (χ0v) is 13.3. The third kappa shape index (κ3) is 3.36. The van der Waals surface area contributed by atoms with E-state index in [1.165, 1.54) is 10.4 Å². The van der Waals surface area contributed by atoms with E-state index in [0.29, 0.717) is 24.7 Å². The van der Waals surface area contributed by atoms with E-state index in [-0.39, 0.29) is 16.7 Å². The Kier molecular flexibility index (Phi) is 5.12. The highest BCUT2D eigenvalue weighted by Gasteiger charge is 2.28. The number of sulfonamides is 1. The summed E-state index contributed by atoms with van der Waals surface area (Å²) in [5.41, 5.74) is 0. The van der Waals surface area contributed by atoms with Gasteiger partial charge in [-0.1, -0.05) is 0 Å². The quantitative estimate of drug-likeness (QED) is 0.781. The molecule has 114 valence electrons. The molecule has 2 heterocycles. The molecule has 0 radical (unpaired) electrons. The Morgan fingerprint density at radius 3 is 2.80 bits per heavy atom. The molecule has 1 fully saturated rings. The highest BCUT2D eigenvalue weighted by molar-refractivity contribution is 7.89. The van der Waals surface area contributed by atoms with E-state index in [9.17, 15) is 8.42 Å². The molecule has 1 atom stereocenters. The van der Waals surface area contributed by atoms with Crippen molar-refractivity contribution < 1.29 is 17.6 Å². The lowest BCUT2D eigenvalue weighted by Crippen LogP contribution is -2.35. The van der Waals surface area contributed by atoms with Gasteiger partial charge in [0.15, 0.2) is 0 Å². The van der Waals surface area contributed by atoms with Gasteiger partial charge in [-0.15, -0.1) is 11.6 Å². The molecule has 20 heavy (non-hydrogen) atoms. The molecule has 0 N–H and O–H groups in total. The summed E-state index contributed by atoms with van der Waals surface area (Å²) in [5, 5.41) is 0. The predicted molar refractivity (Wildman–Crippen MR) is 76.4 cm³/mol. The average Bonchev–Trinajstić information content (AvgIpc) is 2.82. The third-order valence-corrected chi connectivity index (χ3v) is 5.71. The highest BCUT2D eigenvalue weighted by Crippen LogP contribution is 2.25. The maximum Gasteiger partial charge on any atom is 0.246 e. The van der Waals surface area contributed by atoms with Crippen LogP contribution in [0.4, 0.5) is 0 Å². The number of hydrogen-bond acceptors (Lipinski definition) is 4. The zero-order valence-electron chi connectivity index (χ0n) is 11.8. The van der Waals surface area contributed by atoms with Gasteiger partial charge in [-0.2, -0.15) is 0 Å². The molecule has 7 heteroatoms. The van der Waals surface area contributed by atoms with Crippen LogP contribution in [0.2, 0.25) is 0 Å². The van der Waals surface area contributed by atoms with Crippen molar-refractivity contribution in [1.82, 2.24) is 4.31 Å². The molecule has 1 unspecified atom stereocenters. The Hall–Kier alpha value is -0.560. The van der Waals surface area contributed by atoms with Gasteiger partial charge in [-0.05, 0) is 25.7 Å². The fourth-order valence-electron chi connectivity index (χ4n) is 2.43.